The molecule has 3 aromatic heterocycles. The topological polar surface area (TPSA) is 100 Å². The number of halogens is 1. The third kappa shape index (κ3) is 3.42. The summed E-state index contributed by atoms with van der Waals surface area (Å²) in [6.45, 7) is 1.89. The van der Waals surface area contributed by atoms with Crippen LogP contribution < -0.4 is 15.5 Å². The Morgan fingerprint density at radius 2 is 1.91 bits per heavy atom. The van der Waals surface area contributed by atoms with Crippen LogP contribution in [0.1, 0.15) is 34.9 Å². The zero-order chi connectivity index (χ0) is 23.2. The van der Waals surface area contributed by atoms with Gasteiger partial charge in [0.15, 0.2) is 5.65 Å². The number of hydrogen-bond donors (Lipinski definition) is 1. The molecule has 172 valence electrons. The summed E-state index contributed by atoms with van der Waals surface area (Å²) in [6.07, 6.45) is 5.22. The van der Waals surface area contributed by atoms with Crippen LogP contribution in [0.4, 0.5) is 15.9 Å². The minimum Gasteiger partial charge on any atom is -0.356 e. The van der Waals surface area contributed by atoms with Crippen molar-refractivity contribution >= 4 is 28.6 Å². The molecule has 0 saturated carbocycles. The molecule has 0 bridgehead atoms. The molecule has 0 atom stereocenters. The highest BCUT2D eigenvalue weighted by Crippen LogP contribution is 2.31. The van der Waals surface area contributed by atoms with Crippen LogP contribution in [0, 0.1) is 5.82 Å². The first kappa shape index (κ1) is 20.5. The fourth-order valence-corrected chi connectivity index (χ4v) is 5.03. The minimum atomic E-state index is -0.299. The van der Waals surface area contributed by atoms with Crippen molar-refractivity contribution in [3.63, 3.8) is 0 Å². The summed E-state index contributed by atoms with van der Waals surface area (Å²) in [4.78, 5) is 45.1. The Labute approximate surface area is 193 Å². The van der Waals surface area contributed by atoms with Crippen molar-refractivity contribution in [2.45, 2.75) is 25.3 Å². The summed E-state index contributed by atoms with van der Waals surface area (Å²) < 4.78 is 15.3. The van der Waals surface area contributed by atoms with Gasteiger partial charge in [-0.15, -0.1) is 0 Å². The zero-order valence-electron chi connectivity index (χ0n) is 18.3. The van der Waals surface area contributed by atoms with E-state index < -0.39 is 0 Å². The highest BCUT2D eigenvalue weighted by molar-refractivity contribution is 6.06. The predicted octanol–water partition coefficient (Wildman–Crippen LogP) is 2.70. The molecule has 34 heavy (non-hydrogen) atoms. The normalized spacial score (nSPS) is 16.3. The van der Waals surface area contributed by atoms with Crippen LogP contribution in [0.25, 0.3) is 11.2 Å². The van der Waals surface area contributed by atoms with Gasteiger partial charge in [-0.3, -0.25) is 14.3 Å². The van der Waals surface area contributed by atoms with Crippen LogP contribution >= 0.6 is 0 Å². The van der Waals surface area contributed by atoms with E-state index in [-0.39, 0.29) is 23.5 Å². The number of hydrogen-bond acceptors (Lipinski definition) is 6. The lowest BCUT2D eigenvalue weighted by Gasteiger charge is -2.33. The maximum absolute atomic E-state index is 13.5. The molecule has 10 heteroatoms. The highest BCUT2D eigenvalue weighted by Gasteiger charge is 2.28. The number of piperidine rings is 1. The molecule has 1 aromatic carbocycles. The second-order valence-electron chi connectivity index (χ2n) is 8.63. The van der Waals surface area contributed by atoms with Gasteiger partial charge in [-0.2, -0.15) is 0 Å². The molecule has 1 fully saturated rings. The average Bonchev–Trinajstić information content (AvgIpc) is 3.43. The Bertz CT molecular complexity index is 1460. The van der Waals surface area contributed by atoms with Crippen molar-refractivity contribution in [2.24, 2.45) is 0 Å². The number of H-pyrrole nitrogens is 1. The number of imidazole rings is 1. The first-order valence-corrected chi connectivity index (χ1v) is 11.3. The number of amides is 1. The largest absolute Gasteiger partial charge is 0.356 e. The maximum atomic E-state index is 13.5. The van der Waals surface area contributed by atoms with E-state index in [1.54, 1.807) is 27.8 Å². The molecule has 9 nitrogen and oxygen atoms in total. The quantitative estimate of drug-likeness (QED) is 0.506. The summed E-state index contributed by atoms with van der Waals surface area (Å²) in [5.41, 5.74) is 3.13. The van der Waals surface area contributed by atoms with E-state index in [1.165, 1.54) is 18.5 Å². The molecular formula is C24H22FN7O2. The lowest BCUT2D eigenvalue weighted by molar-refractivity contribution is 0.0984. The van der Waals surface area contributed by atoms with E-state index in [2.05, 4.69) is 24.8 Å². The molecule has 1 N–H and O–H groups in total. The number of fused-ring (bicyclic) bond motifs is 2. The molecule has 2 aliphatic rings. The number of aromatic amines is 1. The van der Waals surface area contributed by atoms with E-state index in [1.807, 2.05) is 12.1 Å². The van der Waals surface area contributed by atoms with Gasteiger partial charge in [0.1, 0.15) is 23.7 Å². The van der Waals surface area contributed by atoms with Crippen molar-refractivity contribution in [3.05, 3.63) is 76.5 Å². The first-order chi connectivity index (χ1) is 16.6. The smallest absolute Gasteiger partial charge is 0.327 e. The van der Waals surface area contributed by atoms with Gasteiger partial charge in [-0.1, -0.05) is 0 Å². The second-order valence-corrected chi connectivity index (χ2v) is 8.63. The number of carbonyl (C=O) groups excluding carboxylic acids is 1. The highest BCUT2D eigenvalue weighted by atomic mass is 19.1. The van der Waals surface area contributed by atoms with Gasteiger partial charge in [-0.25, -0.2) is 24.1 Å². The molecule has 0 radical (unpaired) electrons. The summed E-state index contributed by atoms with van der Waals surface area (Å²) in [5.74, 6) is 0.164. The number of aromatic nitrogens is 5. The Balaban J connectivity index is 1.19. The molecule has 6 rings (SSSR count). The lowest BCUT2D eigenvalue weighted by Crippen LogP contribution is -2.37. The molecule has 1 saturated heterocycles. The molecule has 0 spiro atoms. The standard InChI is InChI=1S/C24H22FN7O2/c25-16-3-4-19-15(12-16)5-11-31(19)23(33)18-13-21(28-14-27-18)30-9-6-17(7-10-30)32-20-2-1-8-26-22(20)29-24(32)34/h1-4,8,12-14,17H,5-7,9-11H2,(H,26,29,34). The van der Waals surface area contributed by atoms with Crippen LogP contribution in [-0.2, 0) is 6.42 Å². The van der Waals surface area contributed by atoms with Gasteiger partial charge in [0.2, 0.25) is 0 Å². The van der Waals surface area contributed by atoms with Crippen molar-refractivity contribution in [1.82, 2.24) is 24.5 Å². The van der Waals surface area contributed by atoms with Gasteiger partial charge in [-0.05, 0) is 55.2 Å². The van der Waals surface area contributed by atoms with Gasteiger partial charge in [0.25, 0.3) is 5.91 Å². The molecule has 1 amide bonds. The minimum absolute atomic E-state index is 0.0612. The lowest BCUT2D eigenvalue weighted by atomic mass is 10.0. The summed E-state index contributed by atoms with van der Waals surface area (Å²) in [5, 5.41) is 0. The second kappa shape index (κ2) is 8.05. The van der Waals surface area contributed by atoms with E-state index in [4.69, 9.17) is 0 Å². The van der Waals surface area contributed by atoms with Crippen LogP contribution in [0.5, 0.6) is 0 Å². The van der Waals surface area contributed by atoms with Crippen molar-refractivity contribution in [1.29, 1.82) is 0 Å². The van der Waals surface area contributed by atoms with Crippen molar-refractivity contribution < 1.29 is 9.18 Å². The van der Waals surface area contributed by atoms with E-state index in [9.17, 15) is 14.0 Å². The molecule has 0 unspecified atom stereocenters. The summed E-state index contributed by atoms with van der Waals surface area (Å²) >= 11 is 0. The SMILES string of the molecule is O=C(c1cc(N2CCC(n3c(=O)[nH]c4ncccc43)CC2)ncn1)N1CCc2cc(F)ccc21. The number of pyridine rings is 1. The van der Waals surface area contributed by atoms with E-state index in [0.29, 0.717) is 43.2 Å². The molecule has 5 heterocycles. The summed E-state index contributed by atoms with van der Waals surface area (Å²) in [7, 11) is 0. The monoisotopic (exact) mass is 459 g/mol. The number of carbonyl (C=O) groups is 1. The van der Waals surface area contributed by atoms with Crippen LogP contribution in [0.2, 0.25) is 0 Å². The van der Waals surface area contributed by atoms with Crippen LogP contribution in [0.3, 0.4) is 0 Å². The zero-order valence-corrected chi connectivity index (χ0v) is 18.3. The van der Waals surface area contributed by atoms with E-state index in [0.717, 1.165) is 29.6 Å². The Hall–Kier alpha value is -4.08. The molecular weight excluding hydrogens is 437 g/mol. The van der Waals surface area contributed by atoms with Gasteiger partial charge >= 0.3 is 5.69 Å². The van der Waals surface area contributed by atoms with Crippen molar-refractivity contribution in [3.8, 4) is 0 Å². The Morgan fingerprint density at radius 1 is 1.06 bits per heavy atom. The van der Waals surface area contributed by atoms with Crippen molar-refractivity contribution in [2.75, 3.05) is 29.4 Å². The summed E-state index contributed by atoms with van der Waals surface area (Å²) in [6, 6.07) is 10.0. The number of nitrogens with zero attached hydrogens (tertiary/aromatic N) is 6. The fraction of sp³-hybridized carbons (Fsp3) is 0.292. The first-order valence-electron chi connectivity index (χ1n) is 11.3. The van der Waals surface area contributed by atoms with E-state index >= 15 is 0 Å². The van der Waals surface area contributed by atoms with Crippen LogP contribution in [0.15, 0.2) is 53.7 Å². The molecule has 4 aromatic rings. The average molecular weight is 459 g/mol. The number of rotatable bonds is 3. The fourth-order valence-electron chi connectivity index (χ4n) is 5.03. The number of benzene rings is 1. The maximum Gasteiger partial charge on any atom is 0.327 e. The van der Waals surface area contributed by atoms with Crippen LogP contribution in [-0.4, -0.2) is 50.0 Å². The Morgan fingerprint density at radius 3 is 2.76 bits per heavy atom. The molecule has 2 aliphatic heterocycles. The third-order valence-corrected chi connectivity index (χ3v) is 6.70. The predicted molar refractivity (Wildman–Crippen MR) is 125 cm³/mol. The van der Waals surface area contributed by atoms with Gasteiger partial charge in [0, 0.05) is 43.6 Å². The number of anilines is 2. The van der Waals surface area contributed by atoms with Gasteiger partial charge in [0.05, 0.1) is 5.52 Å². The Kier molecular flexibility index (Phi) is 4.86. The molecule has 0 aliphatic carbocycles. The third-order valence-electron chi connectivity index (χ3n) is 6.70. The number of nitrogens with one attached hydrogen (secondary N) is 1. The van der Waals surface area contributed by atoms with Gasteiger partial charge < -0.3 is 9.80 Å².